The van der Waals surface area contributed by atoms with Gasteiger partial charge in [-0.1, -0.05) is 18.7 Å². The number of nitrogens with one attached hydrogen (secondary N) is 1. The van der Waals surface area contributed by atoms with Gasteiger partial charge in [-0.25, -0.2) is 0 Å². The molecule has 0 aromatic heterocycles. The molecule has 0 spiro atoms. The molecule has 0 atom stereocenters. The Bertz CT molecular complexity index is 983. The van der Waals surface area contributed by atoms with E-state index in [-0.39, 0.29) is 11.3 Å². The molecule has 3 rings (SSSR count). The zero-order valence-corrected chi connectivity index (χ0v) is 16.8. The van der Waals surface area contributed by atoms with Crippen molar-refractivity contribution in [1.82, 2.24) is 0 Å². The van der Waals surface area contributed by atoms with Gasteiger partial charge in [-0.3, -0.25) is 4.79 Å². The molecule has 0 aliphatic carbocycles. The van der Waals surface area contributed by atoms with Crippen LogP contribution >= 0.6 is 22.6 Å². The molecule has 0 saturated heterocycles. The average molecular weight is 501 g/mol. The number of carbonyl (C=O) groups is 1. The van der Waals surface area contributed by atoms with Crippen LogP contribution in [0.15, 0.2) is 43.0 Å². The van der Waals surface area contributed by atoms with E-state index < -0.39 is 17.6 Å². The maximum Gasteiger partial charge on any atom is 0.416 e. The van der Waals surface area contributed by atoms with Crippen LogP contribution in [0.5, 0.6) is 11.5 Å². The van der Waals surface area contributed by atoms with Crippen LogP contribution in [-0.2, 0) is 11.0 Å². The summed E-state index contributed by atoms with van der Waals surface area (Å²) in [6, 6.07) is 6.69. The Kier molecular flexibility index (Phi) is 5.69. The van der Waals surface area contributed by atoms with E-state index in [9.17, 15) is 18.0 Å². The molecule has 0 unspecified atom stereocenters. The standard InChI is InChI=1S/C20H15F3INO3/c1-3-6-28-18-15(24)8-11(9-17(18)27-2)7-14-13-5-4-12(20(21,22)23)10-16(13)25-19(14)26/h3-5,7-10H,1,6H2,2H3,(H,25,26)/b14-7-. The van der Waals surface area contributed by atoms with Gasteiger partial charge in [0.15, 0.2) is 11.5 Å². The molecule has 1 heterocycles. The van der Waals surface area contributed by atoms with Crippen LogP contribution in [-0.4, -0.2) is 19.6 Å². The van der Waals surface area contributed by atoms with Gasteiger partial charge >= 0.3 is 6.18 Å². The number of fused-ring (bicyclic) bond motifs is 1. The number of benzene rings is 2. The molecule has 4 nitrogen and oxygen atoms in total. The molecule has 1 aliphatic rings. The third-order valence-electron chi connectivity index (χ3n) is 4.04. The number of anilines is 1. The molecule has 8 heteroatoms. The van der Waals surface area contributed by atoms with Gasteiger partial charge < -0.3 is 14.8 Å². The second kappa shape index (κ2) is 7.86. The first-order valence-corrected chi connectivity index (χ1v) is 9.18. The molecular formula is C20H15F3INO3. The number of alkyl halides is 3. The van der Waals surface area contributed by atoms with Crippen LogP contribution in [0.25, 0.3) is 11.6 Å². The van der Waals surface area contributed by atoms with Gasteiger partial charge in [0.1, 0.15) is 6.61 Å². The monoisotopic (exact) mass is 501 g/mol. The molecular weight excluding hydrogens is 486 g/mol. The van der Waals surface area contributed by atoms with E-state index in [1.54, 1.807) is 24.3 Å². The van der Waals surface area contributed by atoms with E-state index in [0.717, 1.165) is 15.7 Å². The summed E-state index contributed by atoms with van der Waals surface area (Å²) in [5.41, 5.74) is 0.678. The quantitative estimate of drug-likeness (QED) is 0.340. The molecule has 1 amide bonds. The molecule has 0 fully saturated rings. The SMILES string of the molecule is C=CCOc1c(I)cc(/C=C2\C(=O)Nc3cc(C(F)(F)F)ccc32)cc1OC. The fourth-order valence-corrected chi connectivity index (χ4v) is 3.57. The van der Waals surface area contributed by atoms with Gasteiger partial charge in [-0.15, -0.1) is 0 Å². The summed E-state index contributed by atoms with van der Waals surface area (Å²) in [5.74, 6) is 0.568. The van der Waals surface area contributed by atoms with Crippen molar-refractivity contribution >= 4 is 45.8 Å². The van der Waals surface area contributed by atoms with Crippen LogP contribution < -0.4 is 14.8 Å². The lowest BCUT2D eigenvalue weighted by Gasteiger charge is -2.12. The first-order chi connectivity index (χ1) is 13.2. The maximum atomic E-state index is 12.9. The van der Waals surface area contributed by atoms with Crippen molar-refractivity contribution in [3.05, 3.63) is 63.2 Å². The van der Waals surface area contributed by atoms with Gasteiger partial charge in [0.2, 0.25) is 0 Å². The molecule has 1 N–H and O–H groups in total. The van der Waals surface area contributed by atoms with Gasteiger partial charge in [-0.05, 0) is 58.5 Å². The molecule has 2 aromatic carbocycles. The average Bonchev–Trinajstić information content (AvgIpc) is 2.94. The predicted octanol–water partition coefficient (Wildman–Crippen LogP) is 5.38. The zero-order chi connectivity index (χ0) is 20.5. The normalized spacial score (nSPS) is 14.6. The number of ether oxygens (including phenoxy) is 2. The minimum atomic E-state index is -4.48. The van der Waals surface area contributed by atoms with E-state index in [4.69, 9.17) is 9.47 Å². The molecule has 1 aliphatic heterocycles. The van der Waals surface area contributed by atoms with Crippen molar-refractivity contribution in [3.63, 3.8) is 0 Å². The lowest BCUT2D eigenvalue weighted by molar-refractivity contribution is -0.137. The molecule has 0 bridgehead atoms. The van der Waals surface area contributed by atoms with Crippen LogP contribution in [0.3, 0.4) is 0 Å². The second-order valence-electron chi connectivity index (χ2n) is 5.90. The highest BCUT2D eigenvalue weighted by Gasteiger charge is 2.33. The first kappa shape index (κ1) is 20.2. The van der Waals surface area contributed by atoms with Gasteiger partial charge in [-0.2, -0.15) is 13.2 Å². The molecule has 0 radical (unpaired) electrons. The summed E-state index contributed by atoms with van der Waals surface area (Å²) in [6.45, 7) is 3.91. The zero-order valence-electron chi connectivity index (χ0n) is 14.7. The summed E-state index contributed by atoms with van der Waals surface area (Å²) >= 11 is 2.09. The summed E-state index contributed by atoms with van der Waals surface area (Å²) in [4.78, 5) is 12.3. The summed E-state index contributed by atoms with van der Waals surface area (Å²) in [6.07, 6.45) is -1.26. The van der Waals surface area contributed by atoms with E-state index in [0.29, 0.717) is 29.2 Å². The van der Waals surface area contributed by atoms with E-state index in [1.807, 2.05) is 0 Å². The van der Waals surface area contributed by atoms with E-state index in [2.05, 4.69) is 34.5 Å². The van der Waals surface area contributed by atoms with Crippen molar-refractivity contribution in [3.8, 4) is 11.5 Å². The summed E-state index contributed by atoms with van der Waals surface area (Å²) in [5, 5.41) is 2.49. The van der Waals surface area contributed by atoms with Crippen molar-refractivity contribution in [2.24, 2.45) is 0 Å². The molecule has 146 valence electrons. The van der Waals surface area contributed by atoms with Gasteiger partial charge in [0.25, 0.3) is 5.91 Å². The summed E-state index contributed by atoms with van der Waals surface area (Å²) < 4.78 is 50.4. The van der Waals surface area contributed by atoms with Crippen molar-refractivity contribution in [2.45, 2.75) is 6.18 Å². The Morgan fingerprint density at radius 1 is 1.25 bits per heavy atom. The number of carbonyl (C=O) groups excluding carboxylic acids is 1. The number of hydrogen-bond acceptors (Lipinski definition) is 3. The van der Waals surface area contributed by atoms with Crippen LogP contribution in [0.1, 0.15) is 16.7 Å². The Morgan fingerprint density at radius 2 is 2.00 bits per heavy atom. The minimum Gasteiger partial charge on any atom is -0.493 e. The largest absolute Gasteiger partial charge is 0.493 e. The highest BCUT2D eigenvalue weighted by Crippen LogP contribution is 2.40. The number of halogens is 4. The molecule has 0 saturated carbocycles. The van der Waals surface area contributed by atoms with Crippen molar-refractivity contribution in [1.29, 1.82) is 0 Å². The third-order valence-corrected chi connectivity index (χ3v) is 4.84. The van der Waals surface area contributed by atoms with Gasteiger partial charge in [0, 0.05) is 16.8 Å². The Hall–Kier alpha value is -2.49. The first-order valence-electron chi connectivity index (χ1n) is 8.10. The smallest absolute Gasteiger partial charge is 0.416 e. The molecule has 28 heavy (non-hydrogen) atoms. The van der Waals surface area contributed by atoms with E-state index >= 15 is 0 Å². The second-order valence-corrected chi connectivity index (χ2v) is 7.07. The minimum absolute atomic E-state index is 0.138. The number of rotatable bonds is 5. The number of hydrogen-bond donors (Lipinski definition) is 1. The Balaban J connectivity index is 2.02. The fourth-order valence-electron chi connectivity index (χ4n) is 2.79. The van der Waals surface area contributed by atoms with Crippen LogP contribution in [0.4, 0.5) is 18.9 Å². The van der Waals surface area contributed by atoms with Crippen molar-refractivity contribution < 1.29 is 27.4 Å². The van der Waals surface area contributed by atoms with Crippen LogP contribution in [0, 0.1) is 3.57 Å². The fraction of sp³-hybridized carbons (Fsp3) is 0.150. The summed E-state index contributed by atoms with van der Waals surface area (Å²) in [7, 11) is 1.50. The van der Waals surface area contributed by atoms with Crippen molar-refractivity contribution in [2.75, 3.05) is 19.0 Å². The molecule has 2 aromatic rings. The lowest BCUT2D eigenvalue weighted by Crippen LogP contribution is -2.06. The number of amides is 1. The Morgan fingerprint density at radius 3 is 2.64 bits per heavy atom. The maximum absolute atomic E-state index is 12.9. The third kappa shape index (κ3) is 4.01. The number of methoxy groups -OCH3 is 1. The Labute approximate surface area is 173 Å². The predicted molar refractivity (Wildman–Crippen MR) is 109 cm³/mol. The highest BCUT2D eigenvalue weighted by atomic mass is 127. The van der Waals surface area contributed by atoms with Gasteiger partial charge in [0.05, 0.1) is 16.2 Å². The van der Waals surface area contributed by atoms with E-state index in [1.165, 1.54) is 13.2 Å². The highest BCUT2D eigenvalue weighted by molar-refractivity contribution is 14.1. The topological polar surface area (TPSA) is 47.6 Å². The lowest BCUT2D eigenvalue weighted by atomic mass is 10.0. The van der Waals surface area contributed by atoms with Crippen LogP contribution in [0.2, 0.25) is 0 Å².